The van der Waals surface area contributed by atoms with Crippen molar-refractivity contribution in [2.45, 2.75) is 39.7 Å². The van der Waals surface area contributed by atoms with Gasteiger partial charge in [-0.2, -0.15) is 5.26 Å². The Balaban J connectivity index is 2.89. The van der Waals surface area contributed by atoms with E-state index in [-0.39, 0.29) is 6.04 Å². The number of benzene rings is 1. The molecule has 16 heavy (non-hydrogen) atoms. The fraction of sp³-hybridized carbons (Fsp3) is 0.500. The van der Waals surface area contributed by atoms with Crippen molar-refractivity contribution in [2.75, 3.05) is 6.54 Å². The highest BCUT2D eigenvalue weighted by molar-refractivity contribution is 5.34. The molecule has 0 aromatic heterocycles. The second-order valence-corrected chi connectivity index (χ2v) is 4.06. The third-order valence-corrected chi connectivity index (χ3v) is 2.81. The summed E-state index contributed by atoms with van der Waals surface area (Å²) in [5.41, 5.74) is 3.72. The Bertz CT molecular complexity index is 377. The van der Waals surface area contributed by atoms with E-state index in [1.54, 1.807) is 0 Å². The zero-order valence-corrected chi connectivity index (χ0v) is 10.4. The molecule has 1 atom stereocenters. The number of rotatable bonds is 5. The standard InChI is InChI=1S/C14H20N2/c1-4-8-16-14(10-15)13-7-6-11(3)12(5-2)9-13/h6-7,9,14,16H,4-5,8H2,1-3H3. The van der Waals surface area contributed by atoms with Crippen molar-refractivity contribution in [3.63, 3.8) is 0 Å². The average molecular weight is 216 g/mol. The summed E-state index contributed by atoms with van der Waals surface area (Å²) < 4.78 is 0. The van der Waals surface area contributed by atoms with Crippen LogP contribution in [-0.4, -0.2) is 6.54 Å². The molecule has 0 aliphatic heterocycles. The Labute approximate surface area is 98.3 Å². The molecule has 1 aromatic carbocycles. The maximum absolute atomic E-state index is 9.13. The molecular weight excluding hydrogens is 196 g/mol. The molecule has 0 spiro atoms. The molecule has 0 aliphatic rings. The third-order valence-electron chi connectivity index (χ3n) is 2.81. The normalized spacial score (nSPS) is 12.1. The summed E-state index contributed by atoms with van der Waals surface area (Å²) in [7, 11) is 0. The van der Waals surface area contributed by atoms with Crippen LogP contribution >= 0.6 is 0 Å². The lowest BCUT2D eigenvalue weighted by molar-refractivity contribution is 0.620. The Hall–Kier alpha value is -1.33. The van der Waals surface area contributed by atoms with Crippen LogP contribution < -0.4 is 5.32 Å². The van der Waals surface area contributed by atoms with E-state index in [0.717, 1.165) is 24.9 Å². The molecule has 2 heteroatoms. The highest BCUT2D eigenvalue weighted by atomic mass is 14.9. The van der Waals surface area contributed by atoms with Gasteiger partial charge in [0.2, 0.25) is 0 Å². The predicted octanol–water partition coefficient (Wildman–Crippen LogP) is 3.12. The van der Waals surface area contributed by atoms with Gasteiger partial charge < -0.3 is 0 Å². The Morgan fingerprint density at radius 1 is 1.38 bits per heavy atom. The maximum atomic E-state index is 9.13. The van der Waals surface area contributed by atoms with Crippen LogP contribution in [-0.2, 0) is 6.42 Å². The molecule has 0 radical (unpaired) electrons. The Morgan fingerprint density at radius 2 is 2.12 bits per heavy atom. The number of aryl methyl sites for hydroxylation is 2. The van der Waals surface area contributed by atoms with E-state index in [2.05, 4.69) is 44.3 Å². The van der Waals surface area contributed by atoms with Gasteiger partial charge in [-0.3, -0.25) is 5.32 Å². The smallest absolute Gasteiger partial charge is 0.121 e. The summed E-state index contributed by atoms with van der Waals surface area (Å²) in [4.78, 5) is 0. The molecule has 1 unspecified atom stereocenters. The van der Waals surface area contributed by atoms with Crippen molar-refractivity contribution in [3.05, 3.63) is 34.9 Å². The van der Waals surface area contributed by atoms with Crippen LogP contribution in [0.4, 0.5) is 0 Å². The molecule has 0 saturated heterocycles. The predicted molar refractivity (Wildman–Crippen MR) is 67.2 cm³/mol. The first-order valence-corrected chi connectivity index (χ1v) is 5.95. The molecule has 0 amide bonds. The lowest BCUT2D eigenvalue weighted by Crippen LogP contribution is -2.20. The van der Waals surface area contributed by atoms with E-state index in [1.165, 1.54) is 11.1 Å². The van der Waals surface area contributed by atoms with E-state index in [0.29, 0.717) is 0 Å². The first-order chi connectivity index (χ1) is 7.72. The van der Waals surface area contributed by atoms with Crippen molar-refractivity contribution >= 4 is 0 Å². The molecule has 0 bridgehead atoms. The van der Waals surface area contributed by atoms with E-state index in [1.807, 2.05) is 6.07 Å². The molecule has 0 heterocycles. The molecule has 0 aliphatic carbocycles. The first kappa shape index (κ1) is 12.7. The van der Waals surface area contributed by atoms with Crippen molar-refractivity contribution in [3.8, 4) is 6.07 Å². The number of hydrogen-bond donors (Lipinski definition) is 1. The fourth-order valence-electron chi connectivity index (χ4n) is 1.78. The minimum Gasteiger partial charge on any atom is -0.298 e. The van der Waals surface area contributed by atoms with Crippen LogP contribution in [0.15, 0.2) is 18.2 Å². The van der Waals surface area contributed by atoms with Gasteiger partial charge in [0.05, 0.1) is 6.07 Å². The summed E-state index contributed by atoms with van der Waals surface area (Å²) in [5.74, 6) is 0. The third kappa shape index (κ3) is 3.08. The van der Waals surface area contributed by atoms with Crippen LogP contribution in [0.2, 0.25) is 0 Å². The van der Waals surface area contributed by atoms with Crippen molar-refractivity contribution < 1.29 is 0 Å². The molecule has 0 saturated carbocycles. The summed E-state index contributed by atoms with van der Waals surface area (Å²) in [6, 6.07) is 8.43. The minimum atomic E-state index is -0.175. The average Bonchev–Trinajstić information content (AvgIpc) is 2.32. The SMILES string of the molecule is CCCNC(C#N)c1ccc(C)c(CC)c1. The monoisotopic (exact) mass is 216 g/mol. The van der Waals surface area contributed by atoms with Crippen LogP contribution in [0.25, 0.3) is 0 Å². The summed E-state index contributed by atoms with van der Waals surface area (Å²) in [6.07, 6.45) is 2.07. The molecule has 86 valence electrons. The van der Waals surface area contributed by atoms with Gasteiger partial charge in [-0.05, 0) is 43.0 Å². The quantitative estimate of drug-likeness (QED) is 0.820. The van der Waals surface area contributed by atoms with Gasteiger partial charge in [0, 0.05) is 0 Å². The summed E-state index contributed by atoms with van der Waals surface area (Å²) in [5, 5.41) is 12.4. The molecule has 2 nitrogen and oxygen atoms in total. The second kappa shape index (κ2) is 6.30. The Morgan fingerprint density at radius 3 is 2.69 bits per heavy atom. The Kier molecular flexibility index (Phi) is 5.01. The van der Waals surface area contributed by atoms with Crippen LogP contribution in [0, 0.1) is 18.3 Å². The summed E-state index contributed by atoms with van der Waals surface area (Å²) in [6.45, 7) is 7.25. The van der Waals surface area contributed by atoms with Gasteiger partial charge >= 0.3 is 0 Å². The molecule has 1 aromatic rings. The second-order valence-electron chi connectivity index (χ2n) is 4.06. The van der Waals surface area contributed by atoms with Gasteiger partial charge in [0.25, 0.3) is 0 Å². The van der Waals surface area contributed by atoms with E-state index in [4.69, 9.17) is 5.26 Å². The van der Waals surface area contributed by atoms with Crippen molar-refractivity contribution in [2.24, 2.45) is 0 Å². The van der Waals surface area contributed by atoms with Crippen molar-refractivity contribution in [1.82, 2.24) is 5.32 Å². The maximum Gasteiger partial charge on any atom is 0.121 e. The van der Waals surface area contributed by atoms with Crippen LogP contribution in [0.3, 0.4) is 0 Å². The van der Waals surface area contributed by atoms with Gasteiger partial charge in [0.1, 0.15) is 6.04 Å². The first-order valence-electron chi connectivity index (χ1n) is 5.95. The van der Waals surface area contributed by atoms with Gasteiger partial charge in [-0.25, -0.2) is 0 Å². The largest absolute Gasteiger partial charge is 0.298 e. The molecule has 1 rings (SSSR count). The van der Waals surface area contributed by atoms with E-state index < -0.39 is 0 Å². The van der Waals surface area contributed by atoms with E-state index >= 15 is 0 Å². The molecule has 0 fully saturated rings. The van der Waals surface area contributed by atoms with Gasteiger partial charge in [-0.1, -0.05) is 32.0 Å². The topological polar surface area (TPSA) is 35.8 Å². The zero-order chi connectivity index (χ0) is 12.0. The number of nitriles is 1. The highest BCUT2D eigenvalue weighted by Crippen LogP contribution is 2.17. The summed E-state index contributed by atoms with van der Waals surface area (Å²) >= 11 is 0. The lowest BCUT2D eigenvalue weighted by atomic mass is 9.99. The number of nitrogens with one attached hydrogen (secondary N) is 1. The van der Waals surface area contributed by atoms with E-state index in [9.17, 15) is 0 Å². The highest BCUT2D eigenvalue weighted by Gasteiger charge is 2.10. The number of hydrogen-bond acceptors (Lipinski definition) is 2. The zero-order valence-electron chi connectivity index (χ0n) is 10.4. The van der Waals surface area contributed by atoms with Crippen LogP contribution in [0.5, 0.6) is 0 Å². The van der Waals surface area contributed by atoms with Gasteiger partial charge in [-0.15, -0.1) is 0 Å². The van der Waals surface area contributed by atoms with Crippen molar-refractivity contribution in [1.29, 1.82) is 5.26 Å². The fourth-order valence-corrected chi connectivity index (χ4v) is 1.78. The van der Waals surface area contributed by atoms with Crippen LogP contribution in [0.1, 0.15) is 43.0 Å². The molecular formula is C14H20N2. The lowest BCUT2D eigenvalue weighted by Gasteiger charge is -2.13. The van der Waals surface area contributed by atoms with Gasteiger partial charge in [0.15, 0.2) is 0 Å². The number of nitrogens with zero attached hydrogens (tertiary/aromatic N) is 1. The molecule has 1 N–H and O–H groups in total. The minimum absolute atomic E-state index is 0.175.